The third-order valence-electron chi connectivity index (χ3n) is 3.27. The molecule has 1 aliphatic heterocycles. The van der Waals surface area contributed by atoms with E-state index >= 15 is 0 Å². The second kappa shape index (κ2) is 9.30. The van der Waals surface area contributed by atoms with Gasteiger partial charge in [0.25, 0.3) is 0 Å². The zero-order chi connectivity index (χ0) is 13.2. The summed E-state index contributed by atoms with van der Waals surface area (Å²) in [5, 5.41) is 0. The molecule has 1 heterocycles. The van der Waals surface area contributed by atoms with Gasteiger partial charge in [-0.15, -0.1) is 0 Å². The van der Waals surface area contributed by atoms with Gasteiger partial charge in [0.05, 0.1) is 0 Å². The monoisotopic (exact) mass is 257 g/mol. The molecule has 5 nitrogen and oxygen atoms in total. The number of carbonyl (C=O) groups is 1. The zero-order valence-corrected chi connectivity index (χ0v) is 11.6. The van der Waals surface area contributed by atoms with E-state index in [9.17, 15) is 4.79 Å². The molecular weight excluding hydrogens is 230 g/mol. The third kappa shape index (κ3) is 5.80. The van der Waals surface area contributed by atoms with Crippen LogP contribution < -0.4 is 5.73 Å². The fraction of sp³-hybridized carbons (Fsp3) is 0.923. The van der Waals surface area contributed by atoms with Crippen LogP contribution in [0, 0.1) is 0 Å². The summed E-state index contributed by atoms with van der Waals surface area (Å²) in [4.78, 5) is 16.3. The number of hydrogen-bond donors (Lipinski definition) is 1. The molecule has 2 N–H and O–H groups in total. The number of ether oxygens (including phenoxy) is 1. The molecule has 1 amide bonds. The number of amides is 1. The number of rotatable bonds is 7. The molecule has 18 heavy (non-hydrogen) atoms. The van der Waals surface area contributed by atoms with Crippen LogP contribution in [0.2, 0.25) is 0 Å². The molecule has 0 aromatic carbocycles. The molecule has 0 aromatic heterocycles. The van der Waals surface area contributed by atoms with Gasteiger partial charge in [0.15, 0.2) is 0 Å². The minimum atomic E-state index is 0.268. The van der Waals surface area contributed by atoms with Crippen LogP contribution in [0.3, 0.4) is 0 Å². The van der Waals surface area contributed by atoms with Crippen molar-refractivity contribution in [3.05, 3.63) is 0 Å². The smallest absolute Gasteiger partial charge is 0.222 e. The lowest BCUT2D eigenvalue weighted by Crippen LogP contribution is -2.36. The van der Waals surface area contributed by atoms with E-state index in [-0.39, 0.29) is 5.91 Å². The molecule has 1 aliphatic rings. The molecule has 1 saturated heterocycles. The van der Waals surface area contributed by atoms with E-state index in [2.05, 4.69) is 4.90 Å². The summed E-state index contributed by atoms with van der Waals surface area (Å²) < 4.78 is 5.25. The second-order valence-corrected chi connectivity index (χ2v) is 4.67. The third-order valence-corrected chi connectivity index (χ3v) is 3.27. The van der Waals surface area contributed by atoms with Gasteiger partial charge in [-0.05, 0) is 26.3 Å². The van der Waals surface area contributed by atoms with E-state index in [0.29, 0.717) is 19.6 Å². The molecule has 0 bridgehead atoms. The molecule has 0 saturated carbocycles. The molecule has 1 fully saturated rings. The van der Waals surface area contributed by atoms with Crippen molar-refractivity contribution in [1.29, 1.82) is 0 Å². The first-order valence-corrected chi connectivity index (χ1v) is 7.06. The van der Waals surface area contributed by atoms with Crippen LogP contribution >= 0.6 is 0 Å². The van der Waals surface area contributed by atoms with Gasteiger partial charge in [-0.2, -0.15) is 0 Å². The van der Waals surface area contributed by atoms with Gasteiger partial charge in [-0.25, -0.2) is 0 Å². The molecule has 5 heteroatoms. The van der Waals surface area contributed by atoms with Gasteiger partial charge in [-0.3, -0.25) is 4.79 Å². The lowest BCUT2D eigenvalue weighted by molar-refractivity contribution is -0.131. The molecule has 0 atom stereocenters. The SMILES string of the molecule is CCOCCCC(=O)N1CCCN(CCN)CC1. The Bertz CT molecular complexity index is 236. The fourth-order valence-electron chi connectivity index (χ4n) is 2.25. The lowest BCUT2D eigenvalue weighted by atomic mass is 10.2. The largest absolute Gasteiger partial charge is 0.382 e. The minimum absolute atomic E-state index is 0.268. The molecule has 0 radical (unpaired) electrons. The van der Waals surface area contributed by atoms with Crippen molar-refractivity contribution in [1.82, 2.24) is 9.80 Å². The van der Waals surface area contributed by atoms with Crippen molar-refractivity contribution in [3.63, 3.8) is 0 Å². The summed E-state index contributed by atoms with van der Waals surface area (Å²) in [6, 6.07) is 0. The Hall–Kier alpha value is -0.650. The summed E-state index contributed by atoms with van der Waals surface area (Å²) in [7, 11) is 0. The average Bonchev–Trinajstić information content (AvgIpc) is 2.61. The van der Waals surface area contributed by atoms with Crippen LogP contribution in [0.25, 0.3) is 0 Å². The lowest BCUT2D eigenvalue weighted by Gasteiger charge is -2.21. The second-order valence-electron chi connectivity index (χ2n) is 4.67. The van der Waals surface area contributed by atoms with Crippen LogP contribution in [0.15, 0.2) is 0 Å². The molecule has 0 aromatic rings. The van der Waals surface area contributed by atoms with Gasteiger partial charge in [0, 0.05) is 52.4 Å². The van der Waals surface area contributed by atoms with Crippen molar-refractivity contribution < 1.29 is 9.53 Å². The van der Waals surface area contributed by atoms with Gasteiger partial charge in [-0.1, -0.05) is 0 Å². The maximum Gasteiger partial charge on any atom is 0.222 e. The number of nitrogens with two attached hydrogens (primary N) is 1. The summed E-state index contributed by atoms with van der Waals surface area (Å²) in [5.41, 5.74) is 5.56. The Morgan fingerprint density at radius 2 is 2.11 bits per heavy atom. The summed E-state index contributed by atoms with van der Waals surface area (Å²) in [6.45, 7) is 8.76. The van der Waals surface area contributed by atoms with Crippen molar-refractivity contribution in [2.45, 2.75) is 26.2 Å². The predicted molar refractivity (Wildman–Crippen MR) is 72.4 cm³/mol. The maximum atomic E-state index is 12.0. The van der Waals surface area contributed by atoms with Gasteiger partial charge in [0.1, 0.15) is 0 Å². The minimum Gasteiger partial charge on any atom is -0.382 e. The van der Waals surface area contributed by atoms with Crippen molar-refractivity contribution >= 4 is 5.91 Å². The molecule has 0 aliphatic carbocycles. The van der Waals surface area contributed by atoms with E-state index in [1.165, 1.54) is 0 Å². The van der Waals surface area contributed by atoms with Gasteiger partial charge < -0.3 is 20.3 Å². The van der Waals surface area contributed by atoms with E-state index < -0.39 is 0 Å². The summed E-state index contributed by atoms with van der Waals surface area (Å²) in [6.07, 6.45) is 2.49. The summed E-state index contributed by atoms with van der Waals surface area (Å²) >= 11 is 0. The van der Waals surface area contributed by atoms with E-state index in [4.69, 9.17) is 10.5 Å². The molecule has 106 valence electrons. The highest BCUT2D eigenvalue weighted by Crippen LogP contribution is 2.06. The van der Waals surface area contributed by atoms with Crippen LogP contribution in [-0.4, -0.2) is 68.2 Å². The van der Waals surface area contributed by atoms with Crippen LogP contribution in [0.4, 0.5) is 0 Å². The molecule has 1 rings (SSSR count). The van der Waals surface area contributed by atoms with E-state index in [1.807, 2.05) is 11.8 Å². The average molecular weight is 257 g/mol. The van der Waals surface area contributed by atoms with Crippen molar-refractivity contribution in [2.75, 3.05) is 52.5 Å². The number of hydrogen-bond acceptors (Lipinski definition) is 4. The molecule has 0 spiro atoms. The molecule has 0 unspecified atom stereocenters. The fourth-order valence-corrected chi connectivity index (χ4v) is 2.25. The first-order chi connectivity index (χ1) is 8.77. The van der Waals surface area contributed by atoms with Crippen molar-refractivity contribution in [3.8, 4) is 0 Å². The highest BCUT2D eigenvalue weighted by molar-refractivity contribution is 5.76. The Balaban J connectivity index is 2.22. The number of nitrogens with zero attached hydrogens (tertiary/aromatic N) is 2. The normalized spacial score (nSPS) is 17.8. The Kier molecular flexibility index (Phi) is 7.96. The molecular formula is C13H27N3O2. The highest BCUT2D eigenvalue weighted by Gasteiger charge is 2.18. The topological polar surface area (TPSA) is 58.8 Å². The highest BCUT2D eigenvalue weighted by atomic mass is 16.5. The number of carbonyl (C=O) groups excluding carboxylic acids is 1. The standard InChI is InChI=1S/C13H27N3O2/c1-2-18-12-3-5-13(17)16-8-4-7-15(9-6-14)10-11-16/h2-12,14H2,1H3. The Labute approximate surface area is 110 Å². The van der Waals surface area contributed by atoms with Crippen LogP contribution in [-0.2, 0) is 9.53 Å². The maximum absolute atomic E-state index is 12.0. The van der Waals surface area contributed by atoms with E-state index in [0.717, 1.165) is 52.2 Å². The first-order valence-electron chi connectivity index (χ1n) is 7.06. The van der Waals surface area contributed by atoms with Crippen LogP contribution in [0.1, 0.15) is 26.2 Å². The van der Waals surface area contributed by atoms with Gasteiger partial charge in [0.2, 0.25) is 5.91 Å². The first kappa shape index (κ1) is 15.4. The predicted octanol–water partition coefficient (Wildman–Crippen LogP) is 0.296. The van der Waals surface area contributed by atoms with Crippen LogP contribution in [0.5, 0.6) is 0 Å². The van der Waals surface area contributed by atoms with Crippen molar-refractivity contribution in [2.24, 2.45) is 5.73 Å². The Morgan fingerprint density at radius 3 is 2.83 bits per heavy atom. The quantitative estimate of drug-likeness (QED) is 0.666. The van der Waals surface area contributed by atoms with E-state index in [1.54, 1.807) is 0 Å². The Morgan fingerprint density at radius 1 is 1.28 bits per heavy atom. The zero-order valence-electron chi connectivity index (χ0n) is 11.6. The summed E-state index contributed by atoms with van der Waals surface area (Å²) in [5.74, 6) is 0.268. The van der Waals surface area contributed by atoms with Gasteiger partial charge >= 0.3 is 0 Å².